The zero-order chi connectivity index (χ0) is 14.7. The number of nitrogens with two attached hydrogens (primary N) is 1. The van der Waals surface area contributed by atoms with Gasteiger partial charge in [-0.2, -0.15) is 0 Å². The maximum absolute atomic E-state index is 6.32. The third-order valence-electron chi connectivity index (χ3n) is 3.37. The Morgan fingerprint density at radius 1 is 1.19 bits per heavy atom. The highest BCUT2D eigenvalue weighted by molar-refractivity contribution is 9.10. The van der Waals surface area contributed by atoms with E-state index < -0.39 is 0 Å². The summed E-state index contributed by atoms with van der Waals surface area (Å²) in [6, 6.07) is 16.4. The minimum Gasteiger partial charge on any atom is -0.490 e. The number of thioether (sulfide) groups is 1. The molecular formula is C17H18BrNOS. The molecule has 0 bridgehead atoms. The molecule has 0 heterocycles. The average molecular weight is 364 g/mol. The van der Waals surface area contributed by atoms with Crippen LogP contribution in [0.2, 0.25) is 0 Å². The fraction of sp³-hybridized carbons (Fsp3) is 0.294. The van der Waals surface area contributed by atoms with Crippen LogP contribution in [0.3, 0.4) is 0 Å². The van der Waals surface area contributed by atoms with Gasteiger partial charge in [-0.05, 0) is 58.6 Å². The van der Waals surface area contributed by atoms with Crippen molar-refractivity contribution in [3.63, 3.8) is 0 Å². The Hall–Kier alpha value is -0.970. The zero-order valence-corrected chi connectivity index (χ0v) is 14.1. The van der Waals surface area contributed by atoms with Crippen LogP contribution in [0.4, 0.5) is 0 Å². The van der Waals surface area contributed by atoms with Gasteiger partial charge in [0.1, 0.15) is 5.75 Å². The van der Waals surface area contributed by atoms with Crippen LogP contribution in [0.1, 0.15) is 24.4 Å². The molecule has 2 aromatic rings. The quantitative estimate of drug-likeness (QED) is 0.749. The highest BCUT2D eigenvalue weighted by atomic mass is 79.9. The summed E-state index contributed by atoms with van der Waals surface area (Å²) in [5.41, 5.74) is 7.45. The Kier molecular flexibility index (Phi) is 4.88. The van der Waals surface area contributed by atoms with E-state index in [4.69, 9.17) is 10.5 Å². The molecule has 0 radical (unpaired) electrons. The number of halogens is 1. The molecule has 4 heteroatoms. The van der Waals surface area contributed by atoms with Crippen molar-refractivity contribution in [3.05, 3.63) is 58.6 Å². The van der Waals surface area contributed by atoms with Crippen LogP contribution in [0.5, 0.6) is 5.75 Å². The largest absolute Gasteiger partial charge is 0.490 e. The molecule has 1 saturated carbocycles. The van der Waals surface area contributed by atoms with Gasteiger partial charge in [0.05, 0.1) is 6.10 Å². The van der Waals surface area contributed by atoms with Crippen molar-refractivity contribution in [1.82, 2.24) is 0 Å². The predicted octanol–water partition coefficient (Wildman–Crippen LogP) is 4.78. The molecule has 1 atom stereocenters. The topological polar surface area (TPSA) is 35.2 Å². The van der Waals surface area contributed by atoms with Gasteiger partial charge in [-0.1, -0.05) is 24.3 Å². The molecule has 0 amide bonds. The number of hydrogen-bond acceptors (Lipinski definition) is 3. The molecule has 2 aromatic carbocycles. The summed E-state index contributed by atoms with van der Waals surface area (Å²) >= 11 is 5.34. The van der Waals surface area contributed by atoms with Crippen molar-refractivity contribution in [1.29, 1.82) is 0 Å². The molecular weight excluding hydrogens is 346 g/mol. The number of ether oxygens (including phenoxy) is 1. The molecule has 3 rings (SSSR count). The van der Waals surface area contributed by atoms with E-state index in [1.165, 1.54) is 17.7 Å². The lowest BCUT2D eigenvalue weighted by molar-refractivity contribution is 0.303. The first-order chi connectivity index (χ1) is 10.2. The van der Waals surface area contributed by atoms with E-state index in [0.29, 0.717) is 6.10 Å². The van der Waals surface area contributed by atoms with E-state index in [0.717, 1.165) is 21.5 Å². The van der Waals surface area contributed by atoms with Crippen LogP contribution >= 0.6 is 27.7 Å². The number of benzene rings is 2. The van der Waals surface area contributed by atoms with Gasteiger partial charge in [0.25, 0.3) is 0 Å². The minimum atomic E-state index is 0.00450. The Balaban J connectivity index is 1.62. The summed E-state index contributed by atoms with van der Waals surface area (Å²) < 4.78 is 6.95. The molecule has 0 aromatic heterocycles. The maximum Gasteiger partial charge on any atom is 0.120 e. The van der Waals surface area contributed by atoms with E-state index in [-0.39, 0.29) is 6.04 Å². The second-order valence-electron chi connectivity index (χ2n) is 5.24. The van der Waals surface area contributed by atoms with Crippen molar-refractivity contribution in [2.45, 2.75) is 29.9 Å². The molecule has 0 saturated heterocycles. The first kappa shape index (κ1) is 14.9. The lowest BCUT2D eigenvalue weighted by Crippen LogP contribution is -2.13. The predicted molar refractivity (Wildman–Crippen MR) is 91.9 cm³/mol. The molecule has 1 aliphatic rings. The SMILES string of the molecule is NC(CSc1ccccc1Br)c1cccc(OC2CC2)c1. The fourth-order valence-corrected chi connectivity index (χ4v) is 3.59. The highest BCUT2D eigenvalue weighted by Crippen LogP contribution is 2.31. The van der Waals surface area contributed by atoms with E-state index in [1.807, 2.05) is 24.3 Å². The van der Waals surface area contributed by atoms with Crippen molar-refractivity contribution in [2.24, 2.45) is 5.73 Å². The monoisotopic (exact) mass is 363 g/mol. The molecule has 2 nitrogen and oxygen atoms in total. The average Bonchev–Trinajstić information content (AvgIpc) is 3.30. The normalized spacial score (nSPS) is 15.7. The zero-order valence-electron chi connectivity index (χ0n) is 11.7. The summed E-state index contributed by atoms with van der Waals surface area (Å²) in [6.07, 6.45) is 2.77. The Bertz CT molecular complexity index is 615. The van der Waals surface area contributed by atoms with Gasteiger partial charge < -0.3 is 10.5 Å². The second-order valence-corrected chi connectivity index (χ2v) is 7.15. The summed E-state index contributed by atoms with van der Waals surface area (Å²) in [4.78, 5) is 1.22. The first-order valence-corrected chi connectivity index (χ1v) is 8.90. The third kappa shape index (κ3) is 4.25. The molecule has 1 unspecified atom stereocenters. The van der Waals surface area contributed by atoms with Gasteiger partial charge in [-0.3, -0.25) is 0 Å². The van der Waals surface area contributed by atoms with E-state index in [2.05, 4.69) is 40.2 Å². The standard InChI is InChI=1S/C17H18BrNOS/c18-15-6-1-2-7-17(15)21-11-16(19)12-4-3-5-14(10-12)20-13-8-9-13/h1-7,10,13,16H,8-9,11,19H2. The first-order valence-electron chi connectivity index (χ1n) is 7.12. The second kappa shape index (κ2) is 6.86. The minimum absolute atomic E-state index is 0.00450. The molecule has 110 valence electrons. The van der Waals surface area contributed by atoms with Crippen LogP contribution < -0.4 is 10.5 Å². The molecule has 0 spiro atoms. The van der Waals surface area contributed by atoms with Gasteiger partial charge in [-0.15, -0.1) is 11.8 Å². The third-order valence-corrected chi connectivity index (χ3v) is 5.52. The van der Waals surface area contributed by atoms with Crippen molar-refractivity contribution >= 4 is 27.7 Å². The van der Waals surface area contributed by atoms with E-state index >= 15 is 0 Å². The molecule has 1 fully saturated rings. The van der Waals surface area contributed by atoms with Gasteiger partial charge >= 0.3 is 0 Å². The van der Waals surface area contributed by atoms with Gasteiger partial charge in [0.2, 0.25) is 0 Å². The van der Waals surface area contributed by atoms with Crippen LogP contribution in [0.25, 0.3) is 0 Å². The van der Waals surface area contributed by atoms with Crippen molar-refractivity contribution < 1.29 is 4.74 Å². The summed E-state index contributed by atoms with van der Waals surface area (Å²) in [5.74, 6) is 1.78. The van der Waals surface area contributed by atoms with E-state index in [9.17, 15) is 0 Å². The molecule has 21 heavy (non-hydrogen) atoms. The number of hydrogen-bond donors (Lipinski definition) is 1. The smallest absolute Gasteiger partial charge is 0.120 e. The Morgan fingerprint density at radius 2 is 2.00 bits per heavy atom. The van der Waals surface area contributed by atoms with Gasteiger partial charge in [0, 0.05) is 21.2 Å². The van der Waals surface area contributed by atoms with Gasteiger partial charge in [0.15, 0.2) is 0 Å². The maximum atomic E-state index is 6.32. The lowest BCUT2D eigenvalue weighted by atomic mass is 10.1. The van der Waals surface area contributed by atoms with E-state index in [1.54, 1.807) is 11.8 Å². The lowest BCUT2D eigenvalue weighted by Gasteiger charge is -2.14. The van der Waals surface area contributed by atoms with Crippen molar-refractivity contribution in [2.75, 3.05) is 5.75 Å². The van der Waals surface area contributed by atoms with Crippen LogP contribution in [-0.2, 0) is 0 Å². The number of rotatable bonds is 6. The van der Waals surface area contributed by atoms with Gasteiger partial charge in [-0.25, -0.2) is 0 Å². The van der Waals surface area contributed by atoms with Crippen LogP contribution in [0.15, 0.2) is 57.9 Å². The molecule has 0 aliphatic heterocycles. The Labute approximate surface area is 138 Å². The summed E-state index contributed by atoms with van der Waals surface area (Å²) in [5, 5.41) is 0. The van der Waals surface area contributed by atoms with Crippen LogP contribution in [-0.4, -0.2) is 11.9 Å². The highest BCUT2D eigenvalue weighted by Gasteiger charge is 2.23. The molecule has 2 N–H and O–H groups in total. The molecule has 1 aliphatic carbocycles. The summed E-state index contributed by atoms with van der Waals surface area (Å²) in [6.45, 7) is 0. The fourth-order valence-electron chi connectivity index (χ4n) is 2.03. The van der Waals surface area contributed by atoms with Crippen molar-refractivity contribution in [3.8, 4) is 5.75 Å². The summed E-state index contributed by atoms with van der Waals surface area (Å²) in [7, 11) is 0. The van der Waals surface area contributed by atoms with Crippen LogP contribution in [0, 0.1) is 0 Å². The Morgan fingerprint density at radius 3 is 2.76 bits per heavy atom.